The molecular weight excluding hydrogens is 406 g/mol. The van der Waals surface area contributed by atoms with Crippen LogP contribution in [0.1, 0.15) is 12.1 Å². The van der Waals surface area contributed by atoms with Crippen molar-refractivity contribution in [1.82, 2.24) is 4.98 Å². The highest BCUT2D eigenvalue weighted by atomic mass is 32.1. The number of nitrogens with zero attached hydrogens (tertiary/aromatic N) is 1. The Hall–Kier alpha value is -3.59. The lowest BCUT2D eigenvalue weighted by molar-refractivity contribution is -0.149. The summed E-state index contributed by atoms with van der Waals surface area (Å²) in [6.45, 7) is 0.0184. The van der Waals surface area contributed by atoms with E-state index >= 15 is 0 Å². The van der Waals surface area contributed by atoms with Crippen LogP contribution in [-0.4, -0.2) is 30.1 Å². The first-order valence-corrected chi connectivity index (χ1v) is 10.1. The standard InChI is InChI=1S/C21H19N3O5S/c1-27-15-8-6-13(7-9-15)22-21-23-14(12-30-21)11-28-19(25)10-18-20(26)24-16-4-2-3-5-17(16)29-18/h2-9,12,18H,10-11H2,1H3,(H,22,23)(H,24,26)/t18-/m0/s1. The predicted octanol–water partition coefficient (Wildman–Crippen LogP) is 3.73. The van der Waals surface area contributed by atoms with Crippen LogP contribution >= 0.6 is 11.3 Å². The fraction of sp³-hybridized carbons (Fsp3) is 0.190. The Balaban J connectivity index is 1.28. The first-order valence-electron chi connectivity index (χ1n) is 9.18. The Labute approximate surface area is 176 Å². The molecule has 0 fully saturated rings. The second kappa shape index (κ2) is 8.83. The first kappa shape index (κ1) is 19.7. The van der Waals surface area contributed by atoms with Gasteiger partial charge in [0.2, 0.25) is 0 Å². The summed E-state index contributed by atoms with van der Waals surface area (Å²) in [5.74, 6) is 0.396. The van der Waals surface area contributed by atoms with E-state index in [2.05, 4.69) is 15.6 Å². The summed E-state index contributed by atoms with van der Waals surface area (Å²) in [5.41, 5.74) is 2.07. The van der Waals surface area contributed by atoms with Crippen LogP contribution in [0.15, 0.2) is 53.9 Å². The van der Waals surface area contributed by atoms with Crippen molar-refractivity contribution in [2.75, 3.05) is 17.7 Å². The molecule has 3 aromatic rings. The van der Waals surface area contributed by atoms with Crippen molar-refractivity contribution in [2.45, 2.75) is 19.1 Å². The zero-order chi connectivity index (χ0) is 20.9. The topological polar surface area (TPSA) is 98.8 Å². The highest BCUT2D eigenvalue weighted by Gasteiger charge is 2.30. The van der Waals surface area contributed by atoms with Crippen molar-refractivity contribution < 1.29 is 23.8 Å². The molecule has 0 aliphatic carbocycles. The van der Waals surface area contributed by atoms with E-state index in [0.717, 1.165) is 11.4 Å². The summed E-state index contributed by atoms with van der Waals surface area (Å²) in [5, 5.41) is 8.39. The number of fused-ring (bicyclic) bond motifs is 1. The molecule has 1 amide bonds. The van der Waals surface area contributed by atoms with Crippen LogP contribution in [0.4, 0.5) is 16.5 Å². The fourth-order valence-corrected chi connectivity index (χ4v) is 3.54. The lowest BCUT2D eigenvalue weighted by Gasteiger charge is -2.25. The van der Waals surface area contributed by atoms with Crippen LogP contribution in [0.3, 0.4) is 0 Å². The molecule has 1 atom stereocenters. The van der Waals surface area contributed by atoms with Crippen molar-refractivity contribution in [3.63, 3.8) is 0 Å². The number of carbonyl (C=O) groups is 2. The van der Waals surface area contributed by atoms with Gasteiger partial charge in [-0.2, -0.15) is 0 Å². The molecule has 154 valence electrons. The zero-order valence-electron chi connectivity index (χ0n) is 16.1. The summed E-state index contributed by atoms with van der Waals surface area (Å²) >= 11 is 1.40. The molecule has 0 spiro atoms. The van der Waals surface area contributed by atoms with E-state index < -0.39 is 12.1 Å². The molecule has 0 radical (unpaired) electrons. The maximum absolute atomic E-state index is 12.2. The largest absolute Gasteiger partial charge is 0.497 e. The molecule has 0 saturated carbocycles. The Morgan fingerprint density at radius 2 is 2.03 bits per heavy atom. The molecule has 1 aliphatic rings. The van der Waals surface area contributed by atoms with Gasteiger partial charge in [-0.25, -0.2) is 4.98 Å². The number of para-hydroxylation sites is 2. The summed E-state index contributed by atoms with van der Waals surface area (Å²) in [7, 11) is 1.61. The molecule has 2 heterocycles. The quantitative estimate of drug-likeness (QED) is 0.557. The molecule has 30 heavy (non-hydrogen) atoms. The van der Waals surface area contributed by atoms with Crippen molar-refractivity contribution >= 4 is 39.7 Å². The van der Waals surface area contributed by atoms with E-state index in [-0.39, 0.29) is 18.9 Å². The van der Waals surface area contributed by atoms with Crippen LogP contribution in [0.5, 0.6) is 11.5 Å². The number of aromatic nitrogens is 1. The number of hydrogen-bond acceptors (Lipinski definition) is 8. The minimum atomic E-state index is -0.921. The van der Waals surface area contributed by atoms with Crippen LogP contribution in [0.2, 0.25) is 0 Å². The summed E-state index contributed by atoms with van der Waals surface area (Å²) in [4.78, 5) is 28.7. The number of carbonyl (C=O) groups excluding carboxylic acids is 2. The highest BCUT2D eigenvalue weighted by molar-refractivity contribution is 7.13. The molecule has 1 aromatic heterocycles. The van der Waals surface area contributed by atoms with Gasteiger partial charge in [0.15, 0.2) is 11.2 Å². The molecule has 4 rings (SSSR count). The van der Waals surface area contributed by atoms with Gasteiger partial charge in [-0.15, -0.1) is 11.3 Å². The Kier molecular flexibility index (Phi) is 5.80. The van der Waals surface area contributed by atoms with E-state index in [9.17, 15) is 9.59 Å². The van der Waals surface area contributed by atoms with E-state index in [1.54, 1.807) is 36.8 Å². The molecule has 1 aliphatic heterocycles. The van der Waals surface area contributed by atoms with Gasteiger partial charge in [-0.05, 0) is 36.4 Å². The number of benzene rings is 2. The summed E-state index contributed by atoms with van der Waals surface area (Å²) < 4.78 is 16.0. The van der Waals surface area contributed by atoms with E-state index in [0.29, 0.717) is 22.3 Å². The van der Waals surface area contributed by atoms with Gasteiger partial charge in [0.1, 0.15) is 18.1 Å². The van der Waals surface area contributed by atoms with Gasteiger partial charge >= 0.3 is 5.97 Å². The zero-order valence-corrected chi connectivity index (χ0v) is 16.9. The van der Waals surface area contributed by atoms with Crippen LogP contribution in [-0.2, 0) is 20.9 Å². The third kappa shape index (κ3) is 4.69. The van der Waals surface area contributed by atoms with Crippen molar-refractivity contribution in [2.24, 2.45) is 0 Å². The summed E-state index contributed by atoms with van der Waals surface area (Å²) in [6.07, 6.45) is -1.10. The molecule has 9 heteroatoms. The number of nitrogens with one attached hydrogen (secondary N) is 2. The monoisotopic (exact) mass is 425 g/mol. The lowest BCUT2D eigenvalue weighted by atomic mass is 10.1. The number of esters is 1. The number of thiazole rings is 1. The van der Waals surface area contributed by atoms with E-state index in [4.69, 9.17) is 14.2 Å². The third-order valence-electron chi connectivity index (χ3n) is 4.33. The number of amides is 1. The van der Waals surface area contributed by atoms with Gasteiger partial charge < -0.3 is 24.8 Å². The molecule has 2 aromatic carbocycles. The number of ether oxygens (including phenoxy) is 3. The van der Waals surface area contributed by atoms with Gasteiger partial charge in [0.05, 0.1) is 24.9 Å². The first-order chi connectivity index (χ1) is 14.6. The maximum atomic E-state index is 12.2. The Morgan fingerprint density at radius 1 is 1.23 bits per heavy atom. The average molecular weight is 425 g/mol. The van der Waals surface area contributed by atoms with Crippen LogP contribution < -0.4 is 20.1 Å². The van der Waals surface area contributed by atoms with E-state index in [1.165, 1.54) is 11.3 Å². The minimum Gasteiger partial charge on any atom is -0.497 e. The minimum absolute atomic E-state index is 0.0184. The van der Waals surface area contributed by atoms with Crippen LogP contribution in [0, 0.1) is 0 Å². The third-order valence-corrected chi connectivity index (χ3v) is 5.14. The average Bonchev–Trinajstić information content (AvgIpc) is 3.21. The van der Waals surface area contributed by atoms with E-state index in [1.807, 2.05) is 24.3 Å². The number of hydrogen-bond donors (Lipinski definition) is 2. The second-order valence-electron chi connectivity index (χ2n) is 6.45. The van der Waals surface area contributed by atoms with Crippen molar-refractivity contribution in [3.05, 3.63) is 59.6 Å². The summed E-state index contributed by atoms with van der Waals surface area (Å²) in [6, 6.07) is 14.5. The number of methoxy groups -OCH3 is 1. The van der Waals surface area contributed by atoms with Gasteiger partial charge in [0.25, 0.3) is 5.91 Å². The Bertz CT molecular complexity index is 1050. The fourth-order valence-electron chi connectivity index (χ4n) is 2.82. The predicted molar refractivity (Wildman–Crippen MR) is 112 cm³/mol. The van der Waals surface area contributed by atoms with Crippen molar-refractivity contribution in [3.8, 4) is 11.5 Å². The smallest absolute Gasteiger partial charge is 0.310 e. The van der Waals surface area contributed by atoms with Crippen LogP contribution in [0.25, 0.3) is 0 Å². The van der Waals surface area contributed by atoms with Crippen molar-refractivity contribution in [1.29, 1.82) is 0 Å². The SMILES string of the molecule is COc1ccc(Nc2nc(COC(=O)C[C@@H]3Oc4ccccc4NC3=O)cs2)cc1. The van der Waals surface area contributed by atoms with Gasteiger partial charge in [-0.1, -0.05) is 12.1 Å². The normalized spacial score (nSPS) is 14.8. The lowest BCUT2D eigenvalue weighted by Crippen LogP contribution is -2.38. The van der Waals surface area contributed by atoms with Gasteiger partial charge in [0, 0.05) is 11.1 Å². The van der Waals surface area contributed by atoms with Gasteiger partial charge in [-0.3, -0.25) is 9.59 Å². The Morgan fingerprint density at radius 3 is 2.83 bits per heavy atom. The maximum Gasteiger partial charge on any atom is 0.310 e. The molecule has 0 unspecified atom stereocenters. The highest BCUT2D eigenvalue weighted by Crippen LogP contribution is 2.29. The molecule has 0 bridgehead atoms. The molecule has 2 N–H and O–H groups in total. The molecule has 8 nitrogen and oxygen atoms in total. The second-order valence-corrected chi connectivity index (χ2v) is 7.31. The molecular formula is C21H19N3O5S. The molecule has 0 saturated heterocycles. The number of anilines is 3. The number of rotatable bonds is 7.